The highest BCUT2D eigenvalue weighted by molar-refractivity contribution is 5.76. The molecule has 3 heteroatoms. The van der Waals surface area contributed by atoms with Gasteiger partial charge in [-0.1, -0.05) is 37.3 Å². The molecule has 1 heterocycles. The second-order valence-electron chi connectivity index (χ2n) is 5.70. The van der Waals surface area contributed by atoms with Gasteiger partial charge in [0.2, 0.25) is 5.91 Å². The smallest absolute Gasteiger partial charge is 0.222 e. The molecule has 0 saturated carbocycles. The number of nitrogens with two attached hydrogens (primary N) is 1. The minimum absolute atomic E-state index is 0.0370. The number of rotatable bonds is 5. The predicted molar refractivity (Wildman–Crippen MR) is 82.2 cm³/mol. The Hall–Kier alpha value is -1.35. The molecule has 1 fully saturated rings. The maximum atomic E-state index is 12.4. The lowest BCUT2D eigenvalue weighted by Crippen LogP contribution is -2.43. The number of carbonyl (C=O) groups excluding carboxylic acids is 1. The van der Waals surface area contributed by atoms with Gasteiger partial charge in [0.05, 0.1) is 0 Å². The van der Waals surface area contributed by atoms with E-state index in [1.807, 2.05) is 30.3 Å². The molecule has 0 aliphatic carbocycles. The summed E-state index contributed by atoms with van der Waals surface area (Å²) in [7, 11) is 0. The molecular formula is C17H26N2O. The van der Waals surface area contributed by atoms with Crippen molar-refractivity contribution in [2.45, 2.75) is 57.5 Å². The van der Waals surface area contributed by atoms with Crippen LogP contribution in [0.15, 0.2) is 30.3 Å². The van der Waals surface area contributed by atoms with Crippen LogP contribution in [0.25, 0.3) is 0 Å². The second-order valence-corrected chi connectivity index (χ2v) is 5.70. The van der Waals surface area contributed by atoms with Crippen molar-refractivity contribution in [3.63, 3.8) is 0 Å². The molecule has 1 saturated heterocycles. The third kappa shape index (κ3) is 3.83. The summed E-state index contributed by atoms with van der Waals surface area (Å²) in [5.74, 6) is 0.280. The van der Waals surface area contributed by atoms with Gasteiger partial charge in [0.15, 0.2) is 0 Å². The van der Waals surface area contributed by atoms with E-state index in [0.717, 1.165) is 37.8 Å². The quantitative estimate of drug-likeness (QED) is 0.896. The van der Waals surface area contributed by atoms with Crippen molar-refractivity contribution in [2.24, 2.45) is 5.73 Å². The second kappa shape index (κ2) is 7.44. The van der Waals surface area contributed by atoms with Crippen LogP contribution in [0, 0.1) is 0 Å². The van der Waals surface area contributed by atoms with Gasteiger partial charge in [-0.15, -0.1) is 0 Å². The Labute approximate surface area is 122 Å². The summed E-state index contributed by atoms with van der Waals surface area (Å²) in [6, 6.07) is 10.5. The Kier molecular flexibility index (Phi) is 5.60. The number of hydrogen-bond donors (Lipinski definition) is 1. The number of benzene rings is 1. The fourth-order valence-electron chi connectivity index (χ4n) is 3.04. The monoisotopic (exact) mass is 274 g/mol. The topological polar surface area (TPSA) is 46.3 Å². The molecule has 1 amide bonds. The van der Waals surface area contributed by atoms with Crippen LogP contribution < -0.4 is 5.73 Å². The van der Waals surface area contributed by atoms with Gasteiger partial charge in [0, 0.05) is 25.0 Å². The van der Waals surface area contributed by atoms with Crippen molar-refractivity contribution in [3.8, 4) is 0 Å². The first-order valence-corrected chi connectivity index (χ1v) is 7.82. The van der Waals surface area contributed by atoms with Crippen LogP contribution in [0.3, 0.4) is 0 Å². The van der Waals surface area contributed by atoms with Crippen LogP contribution in [0.1, 0.15) is 57.1 Å². The van der Waals surface area contributed by atoms with Crippen LogP contribution >= 0.6 is 0 Å². The predicted octanol–water partition coefficient (Wildman–Crippen LogP) is 3.26. The molecule has 2 N–H and O–H groups in total. The summed E-state index contributed by atoms with van der Waals surface area (Å²) in [5, 5.41) is 0. The zero-order valence-corrected chi connectivity index (χ0v) is 12.4. The molecule has 20 heavy (non-hydrogen) atoms. The van der Waals surface area contributed by atoms with E-state index in [0.29, 0.717) is 12.5 Å². The number of piperidine rings is 1. The van der Waals surface area contributed by atoms with Crippen molar-refractivity contribution in [1.29, 1.82) is 0 Å². The standard InChI is InChI=1S/C17H26N2O/c1-2-15-10-6-7-13-19(15)17(20)12-11-16(18)14-8-4-3-5-9-14/h3-5,8-9,15-16H,2,6-7,10-13,18H2,1H3/t15-,16+/m1/s1. The van der Waals surface area contributed by atoms with Crippen molar-refractivity contribution >= 4 is 5.91 Å². The summed E-state index contributed by atoms with van der Waals surface area (Å²) in [5.41, 5.74) is 7.29. The Balaban J connectivity index is 1.85. The fraction of sp³-hybridized carbons (Fsp3) is 0.588. The summed E-state index contributed by atoms with van der Waals surface area (Å²) >= 11 is 0. The third-order valence-electron chi connectivity index (χ3n) is 4.32. The van der Waals surface area contributed by atoms with Crippen LogP contribution in [0.4, 0.5) is 0 Å². The molecule has 1 aromatic rings. The Bertz CT molecular complexity index is 418. The average molecular weight is 274 g/mol. The van der Waals surface area contributed by atoms with E-state index in [2.05, 4.69) is 11.8 Å². The molecule has 0 unspecified atom stereocenters. The molecule has 0 aromatic heterocycles. The zero-order chi connectivity index (χ0) is 14.4. The van der Waals surface area contributed by atoms with E-state index in [4.69, 9.17) is 5.73 Å². The molecule has 1 aliphatic rings. The highest BCUT2D eigenvalue weighted by atomic mass is 16.2. The maximum Gasteiger partial charge on any atom is 0.222 e. The normalized spacial score (nSPS) is 20.7. The highest BCUT2D eigenvalue weighted by Crippen LogP contribution is 2.22. The lowest BCUT2D eigenvalue weighted by Gasteiger charge is -2.35. The first-order valence-electron chi connectivity index (χ1n) is 7.82. The lowest BCUT2D eigenvalue weighted by molar-refractivity contribution is -0.135. The summed E-state index contributed by atoms with van der Waals surface area (Å²) < 4.78 is 0. The van der Waals surface area contributed by atoms with E-state index < -0.39 is 0 Å². The van der Waals surface area contributed by atoms with Crippen LogP contribution in [-0.2, 0) is 4.79 Å². The van der Waals surface area contributed by atoms with Gasteiger partial charge in [-0.25, -0.2) is 0 Å². The molecule has 0 radical (unpaired) electrons. The van der Waals surface area contributed by atoms with Crippen molar-refractivity contribution in [2.75, 3.05) is 6.54 Å². The first kappa shape index (κ1) is 15.0. The Morgan fingerprint density at radius 2 is 2.10 bits per heavy atom. The molecule has 2 atom stereocenters. The molecule has 0 spiro atoms. The zero-order valence-electron chi connectivity index (χ0n) is 12.4. The molecule has 1 aromatic carbocycles. The minimum Gasteiger partial charge on any atom is -0.340 e. The van der Waals surface area contributed by atoms with Gasteiger partial charge in [-0.3, -0.25) is 4.79 Å². The van der Waals surface area contributed by atoms with E-state index in [1.54, 1.807) is 0 Å². The van der Waals surface area contributed by atoms with Crippen molar-refractivity contribution in [3.05, 3.63) is 35.9 Å². The number of nitrogens with zero attached hydrogens (tertiary/aromatic N) is 1. The number of likely N-dealkylation sites (tertiary alicyclic amines) is 1. The number of carbonyl (C=O) groups is 1. The minimum atomic E-state index is -0.0370. The largest absolute Gasteiger partial charge is 0.340 e. The lowest BCUT2D eigenvalue weighted by atomic mass is 9.98. The number of hydrogen-bond acceptors (Lipinski definition) is 2. The van der Waals surface area contributed by atoms with Crippen LogP contribution in [0.5, 0.6) is 0 Å². The van der Waals surface area contributed by atoms with Gasteiger partial charge < -0.3 is 10.6 Å². The third-order valence-corrected chi connectivity index (χ3v) is 4.32. The highest BCUT2D eigenvalue weighted by Gasteiger charge is 2.25. The molecule has 2 rings (SSSR count). The first-order chi connectivity index (χ1) is 9.72. The molecular weight excluding hydrogens is 248 g/mol. The average Bonchev–Trinajstić information content (AvgIpc) is 2.53. The van der Waals surface area contributed by atoms with Gasteiger partial charge >= 0.3 is 0 Å². The van der Waals surface area contributed by atoms with Gasteiger partial charge in [0.25, 0.3) is 0 Å². The number of amides is 1. The van der Waals surface area contributed by atoms with Crippen LogP contribution in [0.2, 0.25) is 0 Å². The van der Waals surface area contributed by atoms with E-state index in [9.17, 15) is 4.79 Å². The Morgan fingerprint density at radius 3 is 2.80 bits per heavy atom. The molecule has 3 nitrogen and oxygen atoms in total. The summed E-state index contributed by atoms with van der Waals surface area (Å²) in [6.45, 7) is 3.10. The Morgan fingerprint density at radius 1 is 1.35 bits per heavy atom. The van der Waals surface area contributed by atoms with E-state index >= 15 is 0 Å². The SMILES string of the molecule is CC[C@@H]1CCCCN1C(=O)CC[C@H](N)c1ccccc1. The van der Waals surface area contributed by atoms with Gasteiger partial charge in [-0.05, 0) is 37.7 Å². The van der Waals surface area contributed by atoms with Gasteiger partial charge in [-0.2, -0.15) is 0 Å². The van der Waals surface area contributed by atoms with Crippen LogP contribution in [-0.4, -0.2) is 23.4 Å². The van der Waals surface area contributed by atoms with E-state index in [1.165, 1.54) is 6.42 Å². The summed E-state index contributed by atoms with van der Waals surface area (Å²) in [4.78, 5) is 14.5. The molecule has 0 bridgehead atoms. The molecule has 110 valence electrons. The van der Waals surface area contributed by atoms with E-state index in [-0.39, 0.29) is 11.9 Å². The van der Waals surface area contributed by atoms with Crippen molar-refractivity contribution in [1.82, 2.24) is 4.90 Å². The van der Waals surface area contributed by atoms with Gasteiger partial charge in [0.1, 0.15) is 0 Å². The summed E-state index contributed by atoms with van der Waals surface area (Å²) in [6.07, 6.45) is 5.92. The molecule has 1 aliphatic heterocycles. The fourth-order valence-corrected chi connectivity index (χ4v) is 3.04. The van der Waals surface area contributed by atoms with Crippen molar-refractivity contribution < 1.29 is 4.79 Å². The maximum absolute atomic E-state index is 12.4.